The minimum Gasteiger partial charge on any atom is -0.396 e. The van der Waals surface area contributed by atoms with Gasteiger partial charge in [0.25, 0.3) is 0 Å². The highest BCUT2D eigenvalue weighted by molar-refractivity contribution is 5.17. The summed E-state index contributed by atoms with van der Waals surface area (Å²) in [5.74, 6) is 0.781. The average Bonchev–Trinajstić information content (AvgIpc) is 3.26. The van der Waals surface area contributed by atoms with Gasteiger partial charge in [-0.1, -0.05) is 30.3 Å². The van der Waals surface area contributed by atoms with E-state index in [9.17, 15) is 0 Å². The molecule has 3 rings (SSSR count). The Bertz CT molecular complexity index is 545. The van der Waals surface area contributed by atoms with Crippen LogP contribution in [0.1, 0.15) is 30.4 Å². The molecule has 2 aromatic rings. The summed E-state index contributed by atoms with van der Waals surface area (Å²) in [5.41, 5.74) is 2.64. The fraction of sp³-hybridized carbons (Fsp3) is 0.444. The van der Waals surface area contributed by atoms with Crippen molar-refractivity contribution in [2.24, 2.45) is 5.92 Å². The van der Waals surface area contributed by atoms with E-state index in [2.05, 4.69) is 52.6 Å². The fourth-order valence-corrected chi connectivity index (χ4v) is 2.88. The van der Waals surface area contributed by atoms with Crippen molar-refractivity contribution in [3.05, 3.63) is 59.9 Å². The maximum absolute atomic E-state index is 9.13. The Kier molecular flexibility index (Phi) is 4.73. The lowest BCUT2D eigenvalue weighted by Crippen LogP contribution is -2.31. The van der Waals surface area contributed by atoms with Crippen LogP contribution in [-0.2, 0) is 13.1 Å². The molecule has 112 valence electrons. The van der Waals surface area contributed by atoms with Crippen LogP contribution in [0.4, 0.5) is 0 Å². The van der Waals surface area contributed by atoms with Gasteiger partial charge in [0.1, 0.15) is 0 Å². The molecule has 1 saturated carbocycles. The first-order chi connectivity index (χ1) is 10.3. The van der Waals surface area contributed by atoms with Crippen molar-refractivity contribution < 1.29 is 5.11 Å². The summed E-state index contributed by atoms with van der Waals surface area (Å²) < 4.78 is 2.23. The highest BCUT2D eigenvalue weighted by Gasteiger charge is 2.30. The van der Waals surface area contributed by atoms with Crippen LogP contribution in [0.3, 0.4) is 0 Å². The number of hydrogen-bond donors (Lipinski definition) is 2. The molecule has 0 amide bonds. The van der Waals surface area contributed by atoms with Crippen molar-refractivity contribution in [3.8, 4) is 0 Å². The minimum atomic E-state index is 0.281. The molecular weight excluding hydrogens is 260 g/mol. The lowest BCUT2D eigenvalue weighted by Gasteiger charge is -2.16. The lowest BCUT2D eigenvalue weighted by atomic mass is 10.1. The summed E-state index contributed by atoms with van der Waals surface area (Å²) in [5, 5.41) is 12.7. The Morgan fingerprint density at radius 1 is 1.14 bits per heavy atom. The van der Waals surface area contributed by atoms with E-state index < -0.39 is 0 Å². The van der Waals surface area contributed by atoms with Crippen LogP contribution in [0.5, 0.6) is 0 Å². The number of aliphatic hydroxyl groups is 1. The molecule has 3 heteroatoms. The number of aliphatic hydroxyl groups excluding tert-OH is 1. The van der Waals surface area contributed by atoms with E-state index in [-0.39, 0.29) is 6.61 Å². The Morgan fingerprint density at radius 3 is 2.67 bits per heavy atom. The maximum Gasteiger partial charge on any atom is 0.0470 e. The van der Waals surface area contributed by atoms with Crippen LogP contribution < -0.4 is 5.32 Å². The van der Waals surface area contributed by atoms with Crippen LogP contribution in [0.15, 0.2) is 48.8 Å². The van der Waals surface area contributed by atoms with Gasteiger partial charge in [0, 0.05) is 38.1 Å². The zero-order chi connectivity index (χ0) is 14.5. The summed E-state index contributed by atoms with van der Waals surface area (Å²) in [6.07, 6.45) is 7.85. The van der Waals surface area contributed by atoms with E-state index in [1.54, 1.807) is 0 Å². The van der Waals surface area contributed by atoms with Crippen molar-refractivity contribution in [2.75, 3.05) is 6.61 Å². The highest BCUT2D eigenvalue weighted by Crippen LogP contribution is 2.34. The summed E-state index contributed by atoms with van der Waals surface area (Å²) in [6, 6.07) is 13.2. The number of nitrogens with one attached hydrogen (secondary N) is 1. The minimum absolute atomic E-state index is 0.281. The highest BCUT2D eigenvalue weighted by atomic mass is 16.3. The molecule has 2 N–H and O–H groups in total. The molecule has 1 aliphatic rings. The summed E-state index contributed by atoms with van der Waals surface area (Å²) in [7, 11) is 0. The van der Waals surface area contributed by atoms with Gasteiger partial charge in [-0.3, -0.25) is 0 Å². The first-order valence-corrected chi connectivity index (χ1v) is 7.88. The van der Waals surface area contributed by atoms with Gasteiger partial charge < -0.3 is 15.0 Å². The summed E-state index contributed by atoms with van der Waals surface area (Å²) >= 11 is 0. The van der Waals surface area contributed by atoms with E-state index in [1.165, 1.54) is 24.0 Å². The monoisotopic (exact) mass is 284 g/mol. The van der Waals surface area contributed by atoms with E-state index in [0.29, 0.717) is 6.04 Å². The van der Waals surface area contributed by atoms with Crippen molar-refractivity contribution in [1.29, 1.82) is 0 Å². The van der Waals surface area contributed by atoms with Crippen LogP contribution >= 0.6 is 0 Å². The molecular formula is C18H24N2O. The van der Waals surface area contributed by atoms with Gasteiger partial charge in [0.15, 0.2) is 0 Å². The second-order valence-corrected chi connectivity index (χ2v) is 6.01. The quantitative estimate of drug-likeness (QED) is 0.782. The Balaban J connectivity index is 1.52. The zero-order valence-corrected chi connectivity index (χ0v) is 12.4. The average molecular weight is 284 g/mol. The Morgan fingerprint density at radius 2 is 1.95 bits per heavy atom. The van der Waals surface area contributed by atoms with Crippen molar-refractivity contribution in [2.45, 2.75) is 38.4 Å². The Hall–Kier alpha value is -1.58. The van der Waals surface area contributed by atoms with E-state index >= 15 is 0 Å². The predicted octanol–water partition coefficient (Wildman–Crippen LogP) is 2.79. The van der Waals surface area contributed by atoms with Crippen LogP contribution in [0.25, 0.3) is 0 Å². The van der Waals surface area contributed by atoms with Crippen molar-refractivity contribution in [3.63, 3.8) is 0 Å². The second-order valence-electron chi connectivity index (χ2n) is 6.01. The van der Waals surface area contributed by atoms with Gasteiger partial charge >= 0.3 is 0 Å². The summed E-state index contributed by atoms with van der Waals surface area (Å²) in [4.78, 5) is 0. The topological polar surface area (TPSA) is 37.2 Å². The zero-order valence-electron chi connectivity index (χ0n) is 12.4. The summed E-state index contributed by atoms with van der Waals surface area (Å²) in [6.45, 7) is 2.09. The molecule has 0 saturated heterocycles. The first-order valence-electron chi connectivity index (χ1n) is 7.88. The number of aromatic nitrogens is 1. The molecule has 1 aromatic carbocycles. The van der Waals surface area contributed by atoms with Crippen LogP contribution in [0.2, 0.25) is 0 Å². The third kappa shape index (κ3) is 4.19. The van der Waals surface area contributed by atoms with E-state index in [4.69, 9.17) is 5.11 Å². The van der Waals surface area contributed by atoms with Crippen molar-refractivity contribution in [1.82, 2.24) is 9.88 Å². The fourth-order valence-electron chi connectivity index (χ4n) is 2.88. The molecule has 21 heavy (non-hydrogen) atoms. The lowest BCUT2D eigenvalue weighted by molar-refractivity contribution is 0.256. The first kappa shape index (κ1) is 14.4. The van der Waals surface area contributed by atoms with Gasteiger partial charge in [-0.2, -0.15) is 0 Å². The number of hydrogen-bond acceptors (Lipinski definition) is 2. The molecule has 1 aromatic heterocycles. The molecule has 3 nitrogen and oxygen atoms in total. The van der Waals surface area contributed by atoms with Crippen LogP contribution in [0, 0.1) is 5.92 Å². The largest absolute Gasteiger partial charge is 0.396 e. The van der Waals surface area contributed by atoms with Gasteiger partial charge in [-0.05, 0) is 42.4 Å². The standard InChI is InChI=1S/C18H24N2O/c21-11-9-18(17-6-7-17)19-12-16-8-10-20(14-16)13-15-4-2-1-3-5-15/h1-5,8,10,14,17-19,21H,6-7,9,11-13H2. The predicted molar refractivity (Wildman–Crippen MR) is 85.0 cm³/mol. The van der Waals surface area contributed by atoms with Gasteiger partial charge in [0.05, 0.1) is 0 Å². The SMILES string of the molecule is OCCC(NCc1ccn(Cc2ccccc2)c1)C1CC1. The molecule has 0 aliphatic heterocycles. The molecule has 1 aliphatic carbocycles. The van der Waals surface area contributed by atoms with E-state index in [0.717, 1.165) is 25.4 Å². The van der Waals surface area contributed by atoms with Crippen molar-refractivity contribution >= 4 is 0 Å². The van der Waals surface area contributed by atoms with Crippen LogP contribution in [-0.4, -0.2) is 22.3 Å². The van der Waals surface area contributed by atoms with Gasteiger partial charge in [0.2, 0.25) is 0 Å². The molecule has 1 heterocycles. The smallest absolute Gasteiger partial charge is 0.0470 e. The third-order valence-corrected chi connectivity index (χ3v) is 4.22. The Labute approximate surface area is 126 Å². The molecule has 0 radical (unpaired) electrons. The normalized spacial score (nSPS) is 16.0. The number of benzene rings is 1. The third-order valence-electron chi connectivity index (χ3n) is 4.22. The van der Waals surface area contributed by atoms with Gasteiger partial charge in [-0.25, -0.2) is 0 Å². The molecule has 0 bridgehead atoms. The second kappa shape index (κ2) is 6.92. The molecule has 0 spiro atoms. The number of rotatable bonds is 8. The van der Waals surface area contributed by atoms with Gasteiger partial charge in [-0.15, -0.1) is 0 Å². The van der Waals surface area contributed by atoms with E-state index in [1.807, 2.05) is 6.07 Å². The molecule has 1 unspecified atom stereocenters. The molecule has 1 fully saturated rings. The maximum atomic E-state index is 9.13. The molecule has 1 atom stereocenters. The number of nitrogens with zero attached hydrogens (tertiary/aromatic N) is 1.